The first-order valence-corrected chi connectivity index (χ1v) is 8.46. The van der Waals surface area contributed by atoms with Gasteiger partial charge in [0.2, 0.25) is 0 Å². The van der Waals surface area contributed by atoms with E-state index in [-0.39, 0.29) is 18.3 Å². The molecule has 0 saturated carbocycles. The van der Waals surface area contributed by atoms with Crippen LogP contribution in [-0.4, -0.2) is 10.5 Å². The highest BCUT2D eigenvalue weighted by Crippen LogP contribution is 2.28. The standard InChI is InChI=1S/C17H16ClFN2OS/c1-10(2)21-8-12-5-15(23-16(12)9-21)17(22)20-7-11-3-4-13(19)6-14(11)18/h3-6,8-10H,7H2,1-2H3,(H,20,22). The van der Waals surface area contributed by atoms with Crippen LogP contribution in [0.25, 0.3) is 10.1 Å². The summed E-state index contributed by atoms with van der Waals surface area (Å²) in [4.78, 5) is 12.9. The molecule has 1 aromatic carbocycles. The van der Waals surface area contributed by atoms with Gasteiger partial charge in [-0.25, -0.2) is 4.39 Å². The van der Waals surface area contributed by atoms with Gasteiger partial charge in [-0.2, -0.15) is 0 Å². The molecular formula is C17H16ClFN2OS. The number of aromatic nitrogens is 1. The Bertz CT molecular complexity index is 837. The van der Waals surface area contributed by atoms with Crippen LogP contribution in [0.15, 0.2) is 36.7 Å². The average molecular weight is 351 g/mol. The Morgan fingerprint density at radius 2 is 2.13 bits per heavy atom. The van der Waals surface area contributed by atoms with E-state index in [2.05, 4.69) is 29.9 Å². The van der Waals surface area contributed by atoms with E-state index in [1.807, 2.05) is 12.3 Å². The lowest BCUT2D eigenvalue weighted by Crippen LogP contribution is -2.21. The molecule has 3 rings (SSSR count). The molecule has 23 heavy (non-hydrogen) atoms. The van der Waals surface area contributed by atoms with Crippen molar-refractivity contribution in [2.75, 3.05) is 0 Å². The lowest BCUT2D eigenvalue weighted by atomic mass is 10.2. The SMILES string of the molecule is CC(C)n1cc2cc(C(=O)NCc3ccc(F)cc3Cl)sc2c1. The van der Waals surface area contributed by atoms with E-state index >= 15 is 0 Å². The number of benzene rings is 1. The Morgan fingerprint density at radius 1 is 1.35 bits per heavy atom. The minimum Gasteiger partial charge on any atom is -0.350 e. The molecule has 0 fully saturated rings. The van der Waals surface area contributed by atoms with E-state index in [0.29, 0.717) is 21.5 Å². The molecule has 0 radical (unpaired) electrons. The van der Waals surface area contributed by atoms with E-state index in [1.54, 1.807) is 6.07 Å². The van der Waals surface area contributed by atoms with Crippen LogP contribution < -0.4 is 5.32 Å². The zero-order chi connectivity index (χ0) is 16.6. The second-order valence-corrected chi connectivity index (χ2v) is 7.14. The van der Waals surface area contributed by atoms with Crippen LogP contribution in [0.3, 0.4) is 0 Å². The maximum absolute atomic E-state index is 13.0. The second-order valence-electron chi connectivity index (χ2n) is 5.65. The summed E-state index contributed by atoms with van der Waals surface area (Å²) in [5.74, 6) is -0.539. The number of fused-ring (bicyclic) bond motifs is 1. The van der Waals surface area contributed by atoms with Gasteiger partial charge < -0.3 is 9.88 Å². The minimum atomic E-state index is -0.388. The summed E-state index contributed by atoms with van der Waals surface area (Å²) in [6, 6.07) is 6.44. The molecule has 2 heterocycles. The summed E-state index contributed by atoms with van der Waals surface area (Å²) in [5.41, 5.74) is 0.689. The molecule has 1 amide bonds. The van der Waals surface area contributed by atoms with Crippen LogP contribution in [-0.2, 0) is 6.54 Å². The molecule has 6 heteroatoms. The van der Waals surface area contributed by atoms with E-state index in [1.165, 1.54) is 23.5 Å². The van der Waals surface area contributed by atoms with Crippen molar-refractivity contribution in [3.8, 4) is 0 Å². The van der Waals surface area contributed by atoms with Crippen LogP contribution in [0, 0.1) is 5.82 Å². The number of carbonyl (C=O) groups is 1. The number of rotatable bonds is 4. The Hall–Kier alpha value is -1.85. The molecule has 0 saturated heterocycles. The number of thiophene rings is 1. The van der Waals surface area contributed by atoms with Crippen molar-refractivity contribution in [1.29, 1.82) is 0 Å². The van der Waals surface area contributed by atoms with Gasteiger partial charge in [0.05, 0.1) is 9.58 Å². The van der Waals surface area contributed by atoms with Gasteiger partial charge in [0.25, 0.3) is 5.91 Å². The summed E-state index contributed by atoms with van der Waals surface area (Å²) in [7, 11) is 0. The zero-order valence-electron chi connectivity index (χ0n) is 12.8. The molecule has 0 aliphatic rings. The average Bonchev–Trinajstić information content (AvgIpc) is 3.04. The molecule has 3 nitrogen and oxygen atoms in total. The number of hydrogen-bond acceptors (Lipinski definition) is 2. The van der Waals surface area contributed by atoms with E-state index in [4.69, 9.17) is 11.6 Å². The van der Waals surface area contributed by atoms with Crippen LogP contribution in [0.4, 0.5) is 4.39 Å². The van der Waals surface area contributed by atoms with E-state index in [9.17, 15) is 9.18 Å². The van der Waals surface area contributed by atoms with Crippen molar-refractivity contribution >= 4 is 38.9 Å². The molecule has 3 aromatic rings. The van der Waals surface area contributed by atoms with Crippen molar-refractivity contribution in [3.63, 3.8) is 0 Å². The lowest BCUT2D eigenvalue weighted by molar-refractivity contribution is 0.0955. The fourth-order valence-electron chi connectivity index (χ4n) is 2.29. The van der Waals surface area contributed by atoms with Gasteiger partial charge in [-0.1, -0.05) is 17.7 Å². The van der Waals surface area contributed by atoms with Gasteiger partial charge >= 0.3 is 0 Å². The third kappa shape index (κ3) is 3.41. The largest absolute Gasteiger partial charge is 0.350 e. The fraction of sp³-hybridized carbons (Fsp3) is 0.235. The van der Waals surface area contributed by atoms with Gasteiger partial charge in [0.15, 0.2) is 0 Å². The number of nitrogens with zero attached hydrogens (tertiary/aromatic N) is 1. The van der Waals surface area contributed by atoms with Crippen molar-refractivity contribution in [1.82, 2.24) is 9.88 Å². The smallest absolute Gasteiger partial charge is 0.261 e. The Morgan fingerprint density at radius 3 is 2.78 bits per heavy atom. The summed E-state index contributed by atoms with van der Waals surface area (Å²) >= 11 is 7.42. The predicted molar refractivity (Wildman–Crippen MR) is 92.8 cm³/mol. The number of nitrogens with one attached hydrogen (secondary N) is 1. The molecule has 120 valence electrons. The predicted octanol–water partition coefficient (Wildman–Crippen LogP) is 5.01. The fourth-order valence-corrected chi connectivity index (χ4v) is 3.52. The maximum atomic E-state index is 13.0. The summed E-state index contributed by atoms with van der Waals surface area (Å²) in [6.45, 7) is 4.50. The topological polar surface area (TPSA) is 34.0 Å². The number of hydrogen-bond donors (Lipinski definition) is 1. The Kier molecular flexibility index (Phi) is 4.41. The molecule has 0 bridgehead atoms. The molecule has 0 spiro atoms. The van der Waals surface area contributed by atoms with Crippen LogP contribution >= 0.6 is 22.9 Å². The first-order valence-electron chi connectivity index (χ1n) is 7.27. The van der Waals surface area contributed by atoms with E-state index < -0.39 is 0 Å². The van der Waals surface area contributed by atoms with Crippen molar-refractivity contribution in [2.45, 2.75) is 26.4 Å². The highest BCUT2D eigenvalue weighted by Gasteiger charge is 2.13. The third-order valence-corrected chi connectivity index (χ3v) is 5.06. The molecular weight excluding hydrogens is 335 g/mol. The summed E-state index contributed by atoms with van der Waals surface area (Å²) in [5, 5.41) is 4.20. The van der Waals surface area contributed by atoms with Crippen molar-refractivity contribution < 1.29 is 9.18 Å². The monoisotopic (exact) mass is 350 g/mol. The van der Waals surface area contributed by atoms with Gasteiger partial charge in [-0.3, -0.25) is 4.79 Å². The number of amides is 1. The highest BCUT2D eigenvalue weighted by molar-refractivity contribution is 7.20. The van der Waals surface area contributed by atoms with Gasteiger partial charge in [-0.05, 0) is 37.6 Å². The second kappa shape index (κ2) is 6.34. The van der Waals surface area contributed by atoms with Gasteiger partial charge in [-0.15, -0.1) is 11.3 Å². The van der Waals surface area contributed by atoms with Crippen LogP contribution in [0.1, 0.15) is 35.1 Å². The van der Waals surface area contributed by atoms with Crippen LogP contribution in [0.2, 0.25) is 5.02 Å². The number of carbonyl (C=O) groups excluding carboxylic acids is 1. The minimum absolute atomic E-state index is 0.150. The summed E-state index contributed by atoms with van der Waals surface area (Å²) in [6.07, 6.45) is 4.10. The third-order valence-electron chi connectivity index (χ3n) is 3.62. The first-order chi connectivity index (χ1) is 10.9. The number of halogens is 2. The maximum Gasteiger partial charge on any atom is 0.261 e. The first kappa shape index (κ1) is 16.0. The zero-order valence-corrected chi connectivity index (χ0v) is 14.3. The molecule has 2 aromatic heterocycles. The van der Waals surface area contributed by atoms with Crippen molar-refractivity contribution in [3.05, 3.63) is 57.9 Å². The van der Waals surface area contributed by atoms with Gasteiger partial charge in [0, 0.05) is 35.4 Å². The van der Waals surface area contributed by atoms with Crippen molar-refractivity contribution in [2.24, 2.45) is 0 Å². The molecule has 0 atom stereocenters. The highest BCUT2D eigenvalue weighted by atomic mass is 35.5. The Balaban J connectivity index is 1.71. The lowest BCUT2D eigenvalue weighted by Gasteiger charge is -2.06. The Labute approximate surface area is 142 Å². The molecule has 0 aliphatic carbocycles. The normalized spacial score (nSPS) is 11.3. The quantitative estimate of drug-likeness (QED) is 0.705. The van der Waals surface area contributed by atoms with Gasteiger partial charge in [0.1, 0.15) is 5.82 Å². The molecule has 0 aliphatic heterocycles. The molecule has 1 N–H and O–H groups in total. The van der Waals surface area contributed by atoms with E-state index in [0.717, 1.165) is 10.1 Å². The van der Waals surface area contributed by atoms with Crippen LogP contribution in [0.5, 0.6) is 0 Å². The summed E-state index contributed by atoms with van der Waals surface area (Å²) < 4.78 is 16.2. The molecule has 0 unspecified atom stereocenters.